The van der Waals surface area contributed by atoms with E-state index in [1.807, 2.05) is 17.7 Å². The Bertz CT molecular complexity index is 537. The highest BCUT2D eigenvalue weighted by Gasteiger charge is 2.16. The molecule has 0 fully saturated rings. The van der Waals surface area contributed by atoms with Gasteiger partial charge in [0.25, 0.3) is 0 Å². The van der Waals surface area contributed by atoms with Crippen molar-refractivity contribution in [3.8, 4) is 0 Å². The molecule has 2 aromatic rings. The highest BCUT2D eigenvalue weighted by molar-refractivity contribution is 5.26. The fourth-order valence-electron chi connectivity index (χ4n) is 1.88. The molecule has 5 heteroatoms. The van der Waals surface area contributed by atoms with Gasteiger partial charge >= 0.3 is 0 Å². The molecule has 1 atom stereocenters. The second-order valence-corrected chi connectivity index (χ2v) is 4.13. The van der Waals surface area contributed by atoms with E-state index in [0.29, 0.717) is 11.4 Å². The third kappa shape index (κ3) is 2.41. The Morgan fingerprint density at radius 3 is 2.78 bits per heavy atom. The quantitative estimate of drug-likeness (QED) is 0.907. The molecule has 0 radical (unpaired) electrons. The van der Waals surface area contributed by atoms with Gasteiger partial charge in [-0.25, -0.2) is 13.8 Å². The molecule has 0 spiro atoms. The summed E-state index contributed by atoms with van der Waals surface area (Å²) in [7, 11) is 0. The van der Waals surface area contributed by atoms with Gasteiger partial charge in [-0.15, -0.1) is 0 Å². The van der Waals surface area contributed by atoms with Crippen molar-refractivity contribution in [1.29, 1.82) is 0 Å². The Balaban J connectivity index is 2.32. The summed E-state index contributed by atoms with van der Waals surface area (Å²) in [5.41, 5.74) is 6.55. The van der Waals surface area contributed by atoms with Gasteiger partial charge in [-0.1, -0.05) is 13.0 Å². The molecule has 1 unspecified atom stereocenters. The maximum absolute atomic E-state index is 13.2. The first kappa shape index (κ1) is 12.7. The van der Waals surface area contributed by atoms with Gasteiger partial charge in [0.1, 0.15) is 5.82 Å². The van der Waals surface area contributed by atoms with Crippen LogP contribution in [0.25, 0.3) is 0 Å². The zero-order valence-corrected chi connectivity index (χ0v) is 10.1. The van der Waals surface area contributed by atoms with Gasteiger partial charge in [-0.05, 0) is 24.1 Å². The van der Waals surface area contributed by atoms with Gasteiger partial charge in [0.15, 0.2) is 11.6 Å². The van der Waals surface area contributed by atoms with Crippen molar-refractivity contribution in [3.05, 3.63) is 53.6 Å². The molecular formula is C13H15F2N3. The first-order valence-corrected chi connectivity index (χ1v) is 5.85. The van der Waals surface area contributed by atoms with Crippen LogP contribution < -0.4 is 5.73 Å². The minimum absolute atomic E-state index is 0.512. The van der Waals surface area contributed by atoms with Gasteiger partial charge in [0.05, 0.1) is 6.04 Å². The molecule has 1 aromatic heterocycles. The first-order chi connectivity index (χ1) is 8.63. The topological polar surface area (TPSA) is 43.8 Å². The van der Waals surface area contributed by atoms with Crippen molar-refractivity contribution in [2.45, 2.75) is 25.9 Å². The number of hydrogen-bond donors (Lipinski definition) is 1. The third-order valence-corrected chi connectivity index (χ3v) is 2.79. The molecule has 0 saturated carbocycles. The van der Waals surface area contributed by atoms with E-state index in [1.165, 1.54) is 6.07 Å². The Hall–Kier alpha value is -1.75. The molecule has 3 nitrogen and oxygen atoms in total. The van der Waals surface area contributed by atoms with Crippen LogP contribution in [0.3, 0.4) is 0 Å². The number of halogens is 2. The van der Waals surface area contributed by atoms with Crippen molar-refractivity contribution >= 4 is 0 Å². The molecule has 18 heavy (non-hydrogen) atoms. The Morgan fingerprint density at radius 2 is 2.11 bits per heavy atom. The summed E-state index contributed by atoms with van der Waals surface area (Å²) in [6.45, 7) is 2.85. The molecule has 2 N–H and O–H groups in total. The second-order valence-electron chi connectivity index (χ2n) is 4.13. The Morgan fingerprint density at radius 1 is 1.33 bits per heavy atom. The minimum Gasteiger partial charge on any atom is -0.333 e. The minimum atomic E-state index is -0.892. The lowest BCUT2D eigenvalue weighted by Crippen LogP contribution is -2.18. The maximum Gasteiger partial charge on any atom is 0.159 e. The highest BCUT2D eigenvalue weighted by atomic mass is 19.2. The molecule has 0 amide bonds. The van der Waals surface area contributed by atoms with Crippen LogP contribution in [0.15, 0.2) is 30.6 Å². The Kier molecular flexibility index (Phi) is 3.72. The molecule has 0 aliphatic heterocycles. The lowest BCUT2D eigenvalue weighted by Gasteiger charge is -2.14. The molecule has 0 aliphatic rings. The molecule has 0 bridgehead atoms. The average Bonchev–Trinajstić information content (AvgIpc) is 2.80. The molecule has 0 aliphatic carbocycles. The van der Waals surface area contributed by atoms with E-state index in [4.69, 9.17) is 5.73 Å². The maximum atomic E-state index is 13.2. The number of nitrogens with two attached hydrogens (primary N) is 1. The van der Waals surface area contributed by atoms with E-state index in [0.717, 1.165) is 25.1 Å². The van der Waals surface area contributed by atoms with Crippen LogP contribution in [-0.4, -0.2) is 9.55 Å². The highest BCUT2D eigenvalue weighted by Crippen LogP contribution is 2.20. The predicted molar refractivity (Wildman–Crippen MR) is 64.9 cm³/mol. The van der Waals surface area contributed by atoms with Crippen molar-refractivity contribution < 1.29 is 8.78 Å². The van der Waals surface area contributed by atoms with Crippen molar-refractivity contribution in [2.24, 2.45) is 5.73 Å². The number of aryl methyl sites for hydroxylation is 1. The normalized spacial score (nSPS) is 12.7. The molecule has 0 saturated heterocycles. The smallest absolute Gasteiger partial charge is 0.159 e. The fourth-order valence-corrected chi connectivity index (χ4v) is 1.88. The molecular weight excluding hydrogens is 236 g/mol. The zero-order chi connectivity index (χ0) is 13.1. The Labute approximate surface area is 104 Å². The summed E-state index contributed by atoms with van der Waals surface area (Å²) < 4.78 is 28.0. The first-order valence-electron chi connectivity index (χ1n) is 5.85. The lowest BCUT2D eigenvalue weighted by atomic mass is 10.1. The fraction of sp³-hybridized carbons (Fsp3) is 0.308. The van der Waals surface area contributed by atoms with Crippen LogP contribution in [0.1, 0.15) is 30.8 Å². The molecule has 96 valence electrons. The summed E-state index contributed by atoms with van der Waals surface area (Å²) in [6, 6.07) is 3.12. The number of rotatable bonds is 4. The second kappa shape index (κ2) is 5.27. The van der Waals surface area contributed by atoms with Crippen LogP contribution in [0.2, 0.25) is 0 Å². The van der Waals surface area contributed by atoms with Crippen molar-refractivity contribution in [2.75, 3.05) is 0 Å². The van der Waals surface area contributed by atoms with Crippen LogP contribution in [0.4, 0.5) is 8.78 Å². The predicted octanol–water partition coefficient (Wildman–Crippen LogP) is 2.62. The summed E-state index contributed by atoms with van der Waals surface area (Å²) >= 11 is 0. The van der Waals surface area contributed by atoms with Gasteiger partial charge in [-0.2, -0.15) is 0 Å². The van der Waals surface area contributed by atoms with E-state index >= 15 is 0 Å². The average molecular weight is 251 g/mol. The van der Waals surface area contributed by atoms with E-state index in [9.17, 15) is 8.78 Å². The molecule has 1 heterocycles. The van der Waals surface area contributed by atoms with Gasteiger partial charge < -0.3 is 10.3 Å². The van der Waals surface area contributed by atoms with E-state index < -0.39 is 17.7 Å². The summed E-state index contributed by atoms with van der Waals surface area (Å²) in [6.07, 6.45) is 4.44. The SMILES string of the molecule is CCCn1ccnc1C(N)c1ccc(F)c(F)c1. The van der Waals surface area contributed by atoms with Crippen LogP contribution >= 0.6 is 0 Å². The summed E-state index contributed by atoms with van der Waals surface area (Å²) in [5, 5.41) is 0. The van der Waals surface area contributed by atoms with Crippen molar-refractivity contribution in [1.82, 2.24) is 9.55 Å². The standard InChI is InChI=1S/C13H15F2N3/c1-2-6-18-7-5-17-13(18)12(16)9-3-4-10(14)11(15)8-9/h3-5,7-8,12H,2,6,16H2,1H3. The number of aromatic nitrogens is 2. The third-order valence-electron chi connectivity index (χ3n) is 2.79. The molecule has 2 rings (SSSR count). The van der Waals surface area contributed by atoms with E-state index in [1.54, 1.807) is 6.20 Å². The largest absolute Gasteiger partial charge is 0.333 e. The van der Waals surface area contributed by atoms with E-state index in [2.05, 4.69) is 4.98 Å². The summed E-state index contributed by atoms with van der Waals surface area (Å²) in [4.78, 5) is 4.18. The number of imidazole rings is 1. The van der Waals surface area contributed by atoms with Gasteiger partial charge in [0, 0.05) is 18.9 Å². The van der Waals surface area contributed by atoms with Gasteiger partial charge in [0.2, 0.25) is 0 Å². The van der Waals surface area contributed by atoms with Crippen molar-refractivity contribution in [3.63, 3.8) is 0 Å². The van der Waals surface area contributed by atoms with E-state index in [-0.39, 0.29) is 0 Å². The number of hydrogen-bond acceptors (Lipinski definition) is 2. The van der Waals surface area contributed by atoms with Crippen LogP contribution in [0.5, 0.6) is 0 Å². The van der Waals surface area contributed by atoms with Crippen LogP contribution in [0, 0.1) is 11.6 Å². The number of benzene rings is 1. The van der Waals surface area contributed by atoms with Crippen LogP contribution in [-0.2, 0) is 6.54 Å². The summed E-state index contributed by atoms with van der Waals surface area (Å²) in [5.74, 6) is -1.11. The zero-order valence-electron chi connectivity index (χ0n) is 10.1. The van der Waals surface area contributed by atoms with Gasteiger partial charge in [-0.3, -0.25) is 0 Å². The number of nitrogens with zero attached hydrogens (tertiary/aromatic N) is 2. The molecule has 1 aromatic carbocycles. The monoisotopic (exact) mass is 251 g/mol. The lowest BCUT2D eigenvalue weighted by molar-refractivity contribution is 0.505.